The minimum absolute atomic E-state index is 0.0885. The van der Waals surface area contributed by atoms with E-state index in [2.05, 4.69) is 20.9 Å². The van der Waals surface area contributed by atoms with Gasteiger partial charge in [-0.05, 0) is 77.6 Å². The zero-order valence-corrected chi connectivity index (χ0v) is 33.0. The van der Waals surface area contributed by atoms with Crippen molar-refractivity contribution in [2.24, 2.45) is 0 Å². The highest BCUT2D eigenvalue weighted by atomic mass is 32.2. The number of likely N-dealkylation sites (tertiary alicyclic amines) is 1. The molecule has 0 amide bonds. The van der Waals surface area contributed by atoms with Crippen molar-refractivity contribution in [1.29, 1.82) is 0 Å². The predicted molar refractivity (Wildman–Crippen MR) is 212 cm³/mol. The van der Waals surface area contributed by atoms with Crippen LogP contribution in [0.25, 0.3) is 22.4 Å². The van der Waals surface area contributed by atoms with Crippen molar-refractivity contribution in [3.05, 3.63) is 108 Å². The molecule has 1 fully saturated rings. The fourth-order valence-electron chi connectivity index (χ4n) is 7.07. The molecular formula is C42H48N4O8S. The van der Waals surface area contributed by atoms with Gasteiger partial charge in [-0.3, -0.25) is 14.9 Å². The Morgan fingerprint density at radius 1 is 0.655 bits per heavy atom. The number of methoxy groups -OCH3 is 6. The van der Waals surface area contributed by atoms with E-state index in [9.17, 15) is 8.42 Å². The van der Waals surface area contributed by atoms with E-state index in [-0.39, 0.29) is 18.3 Å². The highest BCUT2D eigenvalue weighted by Crippen LogP contribution is 2.42. The number of piperidine rings is 1. The van der Waals surface area contributed by atoms with Crippen molar-refractivity contribution in [3.63, 3.8) is 0 Å². The van der Waals surface area contributed by atoms with E-state index >= 15 is 0 Å². The average Bonchev–Trinajstić information content (AvgIpc) is 3.22. The van der Waals surface area contributed by atoms with Gasteiger partial charge in [0.05, 0.1) is 54.1 Å². The number of hydrogen-bond acceptors (Lipinski definition) is 11. The van der Waals surface area contributed by atoms with E-state index in [1.54, 1.807) is 65.6 Å². The minimum Gasteiger partial charge on any atom is -0.493 e. The Morgan fingerprint density at radius 3 is 1.80 bits per heavy atom. The number of sulfonamides is 1. The molecule has 1 aliphatic rings. The van der Waals surface area contributed by atoms with E-state index in [4.69, 9.17) is 28.4 Å². The monoisotopic (exact) mass is 768 g/mol. The van der Waals surface area contributed by atoms with Gasteiger partial charge in [-0.25, -0.2) is 8.42 Å². The first-order valence-electron chi connectivity index (χ1n) is 18.0. The number of rotatable bonds is 16. The van der Waals surface area contributed by atoms with Crippen LogP contribution >= 0.6 is 0 Å². The Bertz CT molecular complexity index is 2130. The zero-order chi connectivity index (χ0) is 39.0. The molecular weight excluding hydrogens is 721 g/mol. The van der Waals surface area contributed by atoms with Gasteiger partial charge in [-0.1, -0.05) is 30.3 Å². The number of pyridine rings is 2. The Morgan fingerprint density at radius 2 is 1.24 bits per heavy atom. The van der Waals surface area contributed by atoms with Crippen molar-refractivity contribution in [2.75, 3.05) is 55.7 Å². The van der Waals surface area contributed by atoms with Crippen molar-refractivity contribution < 1.29 is 36.8 Å². The van der Waals surface area contributed by atoms with Gasteiger partial charge in [-0.2, -0.15) is 4.31 Å². The SMILES string of the molecule is COc1cc(-c2cncc(CN(C3CCN(Cc4ccnc(-c5cc(OC)c(OC)c(OC)c5)c4)CC3)S(=O)(=O)Cc3ccccc3)c2)cc(OC)c1OC. The molecule has 290 valence electrons. The molecule has 0 unspecified atom stereocenters. The molecule has 5 aromatic rings. The van der Waals surface area contributed by atoms with Crippen LogP contribution in [0.2, 0.25) is 0 Å². The summed E-state index contributed by atoms with van der Waals surface area (Å²) in [5.41, 5.74) is 5.86. The van der Waals surface area contributed by atoms with E-state index in [0.717, 1.165) is 52.2 Å². The smallest absolute Gasteiger partial charge is 0.218 e. The summed E-state index contributed by atoms with van der Waals surface area (Å²) < 4.78 is 63.5. The lowest BCUT2D eigenvalue weighted by atomic mass is 10.0. The van der Waals surface area contributed by atoms with Crippen molar-refractivity contribution in [3.8, 4) is 56.9 Å². The minimum atomic E-state index is -3.72. The summed E-state index contributed by atoms with van der Waals surface area (Å²) in [6.07, 6.45) is 6.64. The molecule has 55 heavy (non-hydrogen) atoms. The van der Waals surface area contributed by atoms with Crippen molar-refractivity contribution in [1.82, 2.24) is 19.2 Å². The lowest BCUT2D eigenvalue weighted by Gasteiger charge is -2.38. The zero-order valence-electron chi connectivity index (χ0n) is 32.2. The summed E-state index contributed by atoms with van der Waals surface area (Å²) in [6.45, 7) is 2.35. The molecule has 3 heterocycles. The molecule has 3 aromatic carbocycles. The Balaban J connectivity index is 1.22. The first-order chi connectivity index (χ1) is 26.7. The number of aromatic nitrogens is 2. The third kappa shape index (κ3) is 9.13. The third-order valence-electron chi connectivity index (χ3n) is 9.84. The molecule has 13 heteroatoms. The van der Waals surface area contributed by atoms with E-state index in [0.29, 0.717) is 53.9 Å². The molecule has 0 N–H and O–H groups in total. The summed E-state index contributed by atoms with van der Waals surface area (Å²) in [5, 5.41) is 0. The van der Waals surface area contributed by atoms with Gasteiger partial charge >= 0.3 is 0 Å². The van der Waals surface area contributed by atoms with Crippen LogP contribution in [0, 0.1) is 0 Å². The van der Waals surface area contributed by atoms with Gasteiger partial charge < -0.3 is 28.4 Å². The quantitative estimate of drug-likeness (QED) is 0.105. The summed E-state index contributed by atoms with van der Waals surface area (Å²) in [5.74, 6) is 3.08. The average molecular weight is 769 g/mol. The summed E-state index contributed by atoms with van der Waals surface area (Å²) in [6, 6.07) is 22.7. The van der Waals surface area contributed by atoms with Gasteiger partial charge in [0, 0.05) is 61.9 Å². The van der Waals surface area contributed by atoms with Crippen molar-refractivity contribution >= 4 is 10.0 Å². The Hall–Kier alpha value is -5.37. The van der Waals surface area contributed by atoms with Crippen molar-refractivity contribution in [2.45, 2.75) is 37.7 Å². The first-order valence-corrected chi connectivity index (χ1v) is 19.6. The lowest BCUT2D eigenvalue weighted by molar-refractivity contribution is 0.150. The maximum atomic E-state index is 14.3. The van der Waals surface area contributed by atoms with Crippen LogP contribution in [-0.2, 0) is 28.9 Å². The van der Waals surface area contributed by atoms with E-state index in [1.807, 2.05) is 66.7 Å². The van der Waals surface area contributed by atoms with Crippen LogP contribution in [0.3, 0.4) is 0 Å². The van der Waals surface area contributed by atoms with Crippen LogP contribution in [0.5, 0.6) is 34.5 Å². The second kappa shape index (κ2) is 17.8. The van der Waals surface area contributed by atoms with Crippen LogP contribution in [0.1, 0.15) is 29.5 Å². The maximum absolute atomic E-state index is 14.3. The fourth-order valence-corrected chi connectivity index (χ4v) is 8.86. The standard InChI is InChI=1S/C42H48N4O8S/c1-49-37-20-32(21-38(50-2)41(37)53-5)34-18-31(24-43-25-34)27-46(55(47,48)28-29-10-8-7-9-11-29)35-13-16-45(17-14-35)26-30-12-15-44-36(19-30)33-22-39(51-3)42(54-6)40(23-33)52-4/h7-12,15,18-25,35H,13-14,16-17,26-28H2,1-6H3. The maximum Gasteiger partial charge on any atom is 0.218 e. The molecule has 0 atom stereocenters. The van der Waals surface area contributed by atoms with Crippen LogP contribution < -0.4 is 28.4 Å². The molecule has 2 aromatic heterocycles. The number of benzene rings is 3. The van der Waals surface area contributed by atoms with Gasteiger partial charge in [0.1, 0.15) is 0 Å². The molecule has 1 saturated heterocycles. The van der Waals surface area contributed by atoms with Gasteiger partial charge in [0.15, 0.2) is 23.0 Å². The number of nitrogens with zero attached hydrogens (tertiary/aromatic N) is 4. The van der Waals surface area contributed by atoms with Crippen LogP contribution in [0.15, 0.2) is 91.4 Å². The second-order valence-corrected chi connectivity index (χ2v) is 15.2. The topological polar surface area (TPSA) is 122 Å². The summed E-state index contributed by atoms with van der Waals surface area (Å²) in [4.78, 5) is 11.5. The summed E-state index contributed by atoms with van der Waals surface area (Å²) in [7, 11) is 5.75. The van der Waals surface area contributed by atoms with E-state index in [1.165, 1.54) is 0 Å². The normalized spacial score (nSPS) is 13.7. The van der Waals surface area contributed by atoms with Crippen LogP contribution in [-0.4, -0.2) is 89.4 Å². The second-order valence-electron chi connectivity index (χ2n) is 13.3. The van der Waals surface area contributed by atoms with Gasteiger partial charge in [0.25, 0.3) is 0 Å². The first kappa shape index (κ1) is 39.3. The molecule has 1 aliphatic heterocycles. The molecule has 0 aliphatic carbocycles. The molecule has 0 bridgehead atoms. The molecule has 0 saturated carbocycles. The fraction of sp³-hybridized carbons (Fsp3) is 0.333. The molecule has 0 spiro atoms. The van der Waals surface area contributed by atoms with Crippen LogP contribution in [0.4, 0.5) is 0 Å². The predicted octanol–water partition coefficient (Wildman–Crippen LogP) is 6.86. The highest BCUT2D eigenvalue weighted by Gasteiger charge is 2.33. The lowest BCUT2D eigenvalue weighted by Crippen LogP contribution is -2.47. The highest BCUT2D eigenvalue weighted by molar-refractivity contribution is 7.88. The van der Waals surface area contributed by atoms with Gasteiger partial charge in [0.2, 0.25) is 21.5 Å². The Labute approximate surface area is 323 Å². The van der Waals surface area contributed by atoms with E-state index < -0.39 is 10.0 Å². The summed E-state index contributed by atoms with van der Waals surface area (Å²) >= 11 is 0. The molecule has 0 radical (unpaired) electrons. The molecule has 12 nitrogen and oxygen atoms in total. The third-order valence-corrected chi connectivity index (χ3v) is 11.7. The Kier molecular flexibility index (Phi) is 12.8. The molecule has 6 rings (SSSR count). The largest absolute Gasteiger partial charge is 0.493 e. The number of hydrogen-bond donors (Lipinski definition) is 0. The van der Waals surface area contributed by atoms with Gasteiger partial charge in [-0.15, -0.1) is 0 Å². The number of ether oxygens (including phenoxy) is 6.